The van der Waals surface area contributed by atoms with Gasteiger partial charge in [-0.1, -0.05) is 30.7 Å². The van der Waals surface area contributed by atoms with Gasteiger partial charge in [0.2, 0.25) is 5.91 Å². The van der Waals surface area contributed by atoms with Crippen LogP contribution in [0.2, 0.25) is 5.02 Å². The lowest BCUT2D eigenvalue weighted by molar-refractivity contribution is -0.130. The second-order valence-electron chi connectivity index (χ2n) is 6.68. The molecule has 2 aliphatic heterocycles. The normalized spacial score (nSPS) is 22.3. The Hall–Kier alpha value is -1.06. The molecule has 2 heterocycles. The monoisotopic (exact) mass is 320 g/mol. The SMILES string of the molecule is CC(CN1CCC(N2CCCC2=O)CC1)c1cccc(Cl)c1. The van der Waals surface area contributed by atoms with Gasteiger partial charge in [0, 0.05) is 43.7 Å². The molecule has 0 radical (unpaired) electrons. The Morgan fingerprint density at radius 2 is 2.05 bits per heavy atom. The van der Waals surface area contributed by atoms with Gasteiger partial charge >= 0.3 is 0 Å². The molecule has 2 aliphatic rings. The van der Waals surface area contributed by atoms with E-state index >= 15 is 0 Å². The van der Waals surface area contributed by atoms with Gasteiger partial charge < -0.3 is 9.80 Å². The Morgan fingerprint density at radius 1 is 1.27 bits per heavy atom. The smallest absolute Gasteiger partial charge is 0.222 e. The average molecular weight is 321 g/mol. The molecular formula is C18H25ClN2O. The van der Waals surface area contributed by atoms with Crippen molar-refractivity contribution in [2.24, 2.45) is 0 Å². The zero-order valence-electron chi connectivity index (χ0n) is 13.3. The molecule has 1 aromatic carbocycles. The number of carbonyl (C=O) groups is 1. The number of hydrogen-bond donors (Lipinski definition) is 0. The van der Waals surface area contributed by atoms with Crippen LogP contribution in [-0.4, -0.2) is 47.9 Å². The van der Waals surface area contributed by atoms with Crippen LogP contribution in [0.1, 0.15) is 44.1 Å². The molecule has 2 fully saturated rings. The lowest BCUT2D eigenvalue weighted by Crippen LogP contribution is -2.46. The number of nitrogens with zero attached hydrogens (tertiary/aromatic N) is 2. The van der Waals surface area contributed by atoms with E-state index in [9.17, 15) is 4.79 Å². The van der Waals surface area contributed by atoms with Gasteiger partial charge in [-0.25, -0.2) is 0 Å². The molecule has 1 atom stereocenters. The van der Waals surface area contributed by atoms with E-state index < -0.39 is 0 Å². The zero-order chi connectivity index (χ0) is 15.5. The van der Waals surface area contributed by atoms with Crippen molar-refractivity contribution in [2.75, 3.05) is 26.2 Å². The quantitative estimate of drug-likeness (QED) is 0.847. The van der Waals surface area contributed by atoms with Crippen LogP contribution in [0.5, 0.6) is 0 Å². The van der Waals surface area contributed by atoms with Gasteiger partial charge in [0.15, 0.2) is 0 Å². The highest BCUT2D eigenvalue weighted by Crippen LogP contribution is 2.25. The first-order valence-electron chi connectivity index (χ1n) is 8.41. The van der Waals surface area contributed by atoms with Crippen LogP contribution >= 0.6 is 11.6 Å². The summed E-state index contributed by atoms with van der Waals surface area (Å²) in [6.07, 6.45) is 4.04. The maximum Gasteiger partial charge on any atom is 0.222 e. The molecule has 1 unspecified atom stereocenters. The zero-order valence-corrected chi connectivity index (χ0v) is 14.1. The number of likely N-dealkylation sites (tertiary alicyclic amines) is 2. The predicted octanol–water partition coefficient (Wildman–Crippen LogP) is 3.53. The number of benzene rings is 1. The summed E-state index contributed by atoms with van der Waals surface area (Å²) < 4.78 is 0. The van der Waals surface area contributed by atoms with Crippen molar-refractivity contribution in [2.45, 2.75) is 44.6 Å². The van der Waals surface area contributed by atoms with E-state index in [2.05, 4.69) is 28.9 Å². The highest BCUT2D eigenvalue weighted by atomic mass is 35.5. The molecule has 3 rings (SSSR count). The molecule has 0 bridgehead atoms. The first-order valence-corrected chi connectivity index (χ1v) is 8.78. The van der Waals surface area contributed by atoms with E-state index in [-0.39, 0.29) is 0 Å². The Bertz CT molecular complexity index is 526. The minimum absolute atomic E-state index is 0.366. The second kappa shape index (κ2) is 7.01. The molecule has 0 spiro atoms. The predicted molar refractivity (Wildman–Crippen MR) is 90.3 cm³/mol. The molecule has 0 aliphatic carbocycles. The number of rotatable bonds is 4. The van der Waals surface area contributed by atoms with Crippen molar-refractivity contribution in [1.29, 1.82) is 0 Å². The number of amides is 1. The molecule has 120 valence electrons. The van der Waals surface area contributed by atoms with Gasteiger partial charge in [0.25, 0.3) is 0 Å². The summed E-state index contributed by atoms with van der Waals surface area (Å²) in [7, 11) is 0. The van der Waals surface area contributed by atoms with Crippen molar-refractivity contribution < 1.29 is 4.79 Å². The van der Waals surface area contributed by atoms with Gasteiger partial charge in [0.1, 0.15) is 0 Å². The van der Waals surface area contributed by atoms with Crippen LogP contribution in [0.25, 0.3) is 0 Å². The van der Waals surface area contributed by atoms with Crippen LogP contribution < -0.4 is 0 Å². The summed E-state index contributed by atoms with van der Waals surface area (Å²) in [6.45, 7) is 6.50. The van der Waals surface area contributed by atoms with Crippen molar-refractivity contribution in [3.05, 3.63) is 34.9 Å². The lowest BCUT2D eigenvalue weighted by Gasteiger charge is -2.37. The largest absolute Gasteiger partial charge is 0.340 e. The van der Waals surface area contributed by atoms with Crippen LogP contribution in [-0.2, 0) is 4.79 Å². The average Bonchev–Trinajstić information content (AvgIpc) is 2.94. The third kappa shape index (κ3) is 3.64. The highest BCUT2D eigenvalue weighted by Gasteiger charge is 2.30. The van der Waals surface area contributed by atoms with Gasteiger partial charge in [-0.2, -0.15) is 0 Å². The number of carbonyl (C=O) groups excluding carboxylic acids is 1. The van der Waals surface area contributed by atoms with Gasteiger partial charge in [-0.15, -0.1) is 0 Å². The maximum absolute atomic E-state index is 11.8. The van der Waals surface area contributed by atoms with Crippen molar-refractivity contribution in [1.82, 2.24) is 9.80 Å². The Balaban J connectivity index is 1.50. The molecular weight excluding hydrogens is 296 g/mol. The van der Waals surface area contributed by atoms with E-state index in [1.807, 2.05) is 12.1 Å². The van der Waals surface area contributed by atoms with Gasteiger partial charge in [-0.3, -0.25) is 4.79 Å². The fourth-order valence-electron chi connectivity index (χ4n) is 3.77. The fraction of sp³-hybridized carbons (Fsp3) is 0.611. The Labute approximate surface area is 138 Å². The number of halogens is 1. The molecule has 0 aromatic heterocycles. The van der Waals surface area contributed by atoms with Crippen LogP contribution in [0, 0.1) is 0 Å². The van der Waals surface area contributed by atoms with Crippen LogP contribution in [0.3, 0.4) is 0 Å². The first kappa shape index (κ1) is 15.8. The third-order valence-electron chi connectivity index (χ3n) is 5.06. The molecule has 0 N–H and O–H groups in total. The summed E-state index contributed by atoms with van der Waals surface area (Å²) in [5.74, 6) is 0.856. The van der Waals surface area contributed by atoms with E-state index in [0.717, 1.165) is 56.9 Å². The van der Waals surface area contributed by atoms with E-state index in [1.165, 1.54) is 5.56 Å². The van der Waals surface area contributed by atoms with E-state index in [4.69, 9.17) is 11.6 Å². The van der Waals surface area contributed by atoms with Gasteiger partial charge in [-0.05, 0) is 42.9 Å². The van der Waals surface area contributed by atoms with Gasteiger partial charge in [0.05, 0.1) is 0 Å². The van der Waals surface area contributed by atoms with Crippen molar-refractivity contribution >= 4 is 17.5 Å². The van der Waals surface area contributed by atoms with E-state index in [1.54, 1.807) is 0 Å². The second-order valence-corrected chi connectivity index (χ2v) is 7.11. The molecule has 0 saturated carbocycles. The minimum atomic E-state index is 0.366. The molecule has 3 nitrogen and oxygen atoms in total. The summed E-state index contributed by atoms with van der Waals surface area (Å²) in [6, 6.07) is 8.66. The highest BCUT2D eigenvalue weighted by molar-refractivity contribution is 6.30. The Morgan fingerprint density at radius 3 is 2.68 bits per heavy atom. The molecule has 22 heavy (non-hydrogen) atoms. The fourth-order valence-corrected chi connectivity index (χ4v) is 3.97. The first-order chi connectivity index (χ1) is 10.6. The van der Waals surface area contributed by atoms with Crippen molar-refractivity contribution in [3.8, 4) is 0 Å². The van der Waals surface area contributed by atoms with E-state index in [0.29, 0.717) is 17.9 Å². The standard InChI is InChI=1S/C18H25ClN2O/c1-14(15-4-2-5-16(19)12-15)13-20-10-7-17(8-11-20)21-9-3-6-18(21)22/h2,4-5,12,14,17H,3,6-11,13H2,1H3. The molecule has 1 aromatic rings. The number of piperidine rings is 1. The molecule has 2 saturated heterocycles. The third-order valence-corrected chi connectivity index (χ3v) is 5.29. The lowest BCUT2D eigenvalue weighted by atomic mass is 9.98. The molecule has 1 amide bonds. The number of hydrogen-bond acceptors (Lipinski definition) is 2. The summed E-state index contributed by atoms with van der Waals surface area (Å²) in [5, 5.41) is 0.815. The summed E-state index contributed by atoms with van der Waals surface area (Å²) in [4.78, 5) is 16.5. The summed E-state index contributed by atoms with van der Waals surface area (Å²) >= 11 is 6.09. The molecule has 4 heteroatoms. The summed E-state index contributed by atoms with van der Waals surface area (Å²) in [5.41, 5.74) is 1.31. The van der Waals surface area contributed by atoms with Crippen LogP contribution in [0.4, 0.5) is 0 Å². The van der Waals surface area contributed by atoms with Crippen molar-refractivity contribution in [3.63, 3.8) is 0 Å². The minimum Gasteiger partial charge on any atom is -0.340 e. The van der Waals surface area contributed by atoms with Crippen LogP contribution in [0.15, 0.2) is 24.3 Å². The Kier molecular flexibility index (Phi) is 5.04. The topological polar surface area (TPSA) is 23.6 Å². The maximum atomic E-state index is 11.8.